The molecule has 9 heteroatoms. The number of ether oxygens (including phenoxy) is 2. The summed E-state index contributed by atoms with van der Waals surface area (Å²) in [7, 11) is 0. The summed E-state index contributed by atoms with van der Waals surface area (Å²) in [4.78, 5) is 16.8. The normalized spacial score (nSPS) is 10.9. The fraction of sp³-hybridized carbons (Fsp3) is 0.148. The third kappa shape index (κ3) is 7.58. The van der Waals surface area contributed by atoms with Gasteiger partial charge in [-0.05, 0) is 48.4 Å². The van der Waals surface area contributed by atoms with Crippen LogP contribution >= 0.6 is 34.7 Å². The van der Waals surface area contributed by atoms with Crippen LogP contribution in [-0.2, 0) is 11.4 Å². The minimum absolute atomic E-state index is 0.210. The highest BCUT2D eigenvalue weighted by atomic mass is 35.5. The van der Waals surface area contributed by atoms with Crippen molar-refractivity contribution in [2.75, 3.05) is 12.4 Å². The maximum atomic E-state index is 12.2. The number of benzene rings is 3. The average molecular weight is 538 g/mol. The van der Waals surface area contributed by atoms with Crippen molar-refractivity contribution in [1.29, 1.82) is 0 Å². The van der Waals surface area contributed by atoms with Crippen LogP contribution in [0.3, 0.4) is 0 Å². The van der Waals surface area contributed by atoms with Gasteiger partial charge in [0.05, 0.1) is 24.3 Å². The molecular weight excluding hydrogens is 514 g/mol. The first-order chi connectivity index (χ1) is 17.6. The van der Waals surface area contributed by atoms with Gasteiger partial charge in [-0.3, -0.25) is 4.79 Å². The molecule has 0 bridgehead atoms. The Morgan fingerprint density at radius 3 is 2.67 bits per heavy atom. The second kappa shape index (κ2) is 13.1. The van der Waals surface area contributed by atoms with E-state index in [9.17, 15) is 4.79 Å². The Morgan fingerprint density at radius 1 is 1.08 bits per heavy atom. The van der Waals surface area contributed by atoms with E-state index < -0.39 is 0 Å². The summed E-state index contributed by atoms with van der Waals surface area (Å²) in [5.41, 5.74) is 6.26. The number of hydrazone groups is 1. The van der Waals surface area contributed by atoms with Crippen molar-refractivity contribution in [2.45, 2.75) is 17.9 Å². The number of aromatic nitrogens is 1. The van der Waals surface area contributed by atoms with Crippen molar-refractivity contribution < 1.29 is 14.3 Å². The highest BCUT2D eigenvalue weighted by molar-refractivity contribution is 8.01. The first kappa shape index (κ1) is 25.8. The van der Waals surface area contributed by atoms with Crippen molar-refractivity contribution in [3.63, 3.8) is 0 Å². The van der Waals surface area contributed by atoms with Crippen LogP contribution in [0.2, 0.25) is 5.02 Å². The van der Waals surface area contributed by atoms with Gasteiger partial charge in [0, 0.05) is 16.0 Å². The van der Waals surface area contributed by atoms with Gasteiger partial charge in [-0.15, -0.1) is 11.3 Å². The molecule has 0 aliphatic carbocycles. The molecule has 3 aromatic carbocycles. The maximum Gasteiger partial charge on any atom is 0.250 e. The van der Waals surface area contributed by atoms with E-state index in [-0.39, 0.29) is 11.7 Å². The third-order valence-corrected chi connectivity index (χ3v) is 7.13. The minimum Gasteiger partial charge on any atom is -0.490 e. The molecule has 0 atom stereocenters. The first-order valence-corrected chi connectivity index (χ1v) is 13.4. The SMILES string of the molecule is CCOc1cc(/C=N/NC(=O)CSc2nc(-c3ccc(Cl)cc3)cs2)ccc1OCc1ccccc1. The lowest BCUT2D eigenvalue weighted by atomic mass is 10.2. The Labute approximate surface area is 223 Å². The molecule has 4 aromatic rings. The van der Waals surface area contributed by atoms with Gasteiger partial charge >= 0.3 is 0 Å². The molecule has 1 heterocycles. The lowest BCUT2D eigenvalue weighted by Crippen LogP contribution is -2.19. The van der Waals surface area contributed by atoms with Crippen LogP contribution in [0.15, 0.2) is 87.6 Å². The second-order valence-corrected chi connectivity index (χ2v) is 10.0. The molecule has 0 aliphatic heterocycles. The Hall–Kier alpha value is -3.33. The summed E-state index contributed by atoms with van der Waals surface area (Å²) in [6.45, 7) is 2.87. The standard InChI is InChI=1S/C27H24ClN3O3S2/c1-2-33-25-14-20(8-13-24(25)34-16-19-6-4-3-5-7-19)15-29-31-26(32)18-36-27-30-23(17-35-27)21-9-11-22(28)12-10-21/h3-15,17H,2,16,18H2,1H3,(H,31,32)/b29-15+. The fourth-order valence-electron chi connectivity index (χ4n) is 3.14. The molecule has 0 fully saturated rings. The lowest BCUT2D eigenvalue weighted by Gasteiger charge is -2.12. The zero-order valence-corrected chi connectivity index (χ0v) is 21.9. The molecule has 1 aromatic heterocycles. The van der Waals surface area contributed by atoms with E-state index in [0.29, 0.717) is 29.7 Å². The molecule has 0 spiro atoms. The number of thioether (sulfide) groups is 1. The predicted molar refractivity (Wildman–Crippen MR) is 147 cm³/mol. The molecule has 1 N–H and O–H groups in total. The number of nitrogens with zero attached hydrogens (tertiary/aromatic N) is 2. The first-order valence-electron chi connectivity index (χ1n) is 11.2. The Morgan fingerprint density at radius 2 is 1.89 bits per heavy atom. The number of carbonyl (C=O) groups excluding carboxylic acids is 1. The summed E-state index contributed by atoms with van der Waals surface area (Å²) in [5, 5.41) is 6.72. The second-order valence-electron chi connectivity index (χ2n) is 7.50. The van der Waals surface area contributed by atoms with Crippen LogP contribution in [0.25, 0.3) is 11.3 Å². The van der Waals surface area contributed by atoms with Gasteiger partial charge in [-0.1, -0.05) is 65.8 Å². The number of halogens is 1. The molecule has 0 radical (unpaired) electrons. The monoisotopic (exact) mass is 537 g/mol. The lowest BCUT2D eigenvalue weighted by molar-refractivity contribution is -0.118. The largest absolute Gasteiger partial charge is 0.490 e. The Bertz CT molecular complexity index is 1310. The molecular formula is C27H24ClN3O3S2. The zero-order chi connectivity index (χ0) is 25.2. The van der Waals surface area contributed by atoms with Crippen molar-refractivity contribution >= 4 is 46.8 Å². The van der Waals surface area contributed by atoms with Gasteiger partial charge in [0.2, 0.25) is 0 Å². The molecule has 0 aliphatic rings. The summed E-state index contributed by atoms with van der Waals surface area (Å²) in [6.07, 6.45) is 1.58. The number of hydrogen-bond donors (Lipinski definition) is 1. The highest BCUT2D eigenvalue weighted by Crippen LogP contribution is 2.30. The number of rotatable bonds is 11. The van der Waals surface area contributed by atoms with Crippen LogP contribution < -0.4 is 14.9 Å². The number of thiazole rings is 1. The number of carbonyl (C=O) groups is 1. The van der Waals surface area contributed by atoms with E-state index in [1.54, 1.807) is 6.21 Å². The molecule has 6 nitrogen and oxygen atoms in total. The molecule has 0 saturated carbocycles. The average Bonchev–Trinajstić information content (AvgIpc) is 3.37. The van der Waals surface area contributed by atoms with E-state index in [2.05, 4.69) is 15.5 Å². The van der Waals surface area contributed by atoms with Crippen LogP contribution in [0.5, 0.6) is 11.5 Å². The Kier molecular flexibility index (Phi) is 9.38. The van der Waals surface area contributed by atoms with Gasteiger partial charge in [0.15, 0.2) is 15.8 Å². The topological polar surface area (TPSA) is 72.8 Å². The smallest absolute Gasteiger partial charge is 0.250 e. The van der Waals surface area contributed by atoms with Crippen LogP contribution in [0.1, 0.15) is 18.1 Å². The summed E-state index contributed by atoms with van der Waals surface area (Å²) < 4.78 is 12.5. The third-order valence-electron chi connectivity index (χ3n) is 4.86. The van der Waals surface area contributed by atoms with Crippen molar-refractivity contribution in [3.05, 3.63) is 94.3 Å². The van der Waals surface area contributed by atoms with E-state index in [0.717, 1.165) is 26.7 Å². The van der Waals surface area contributed by atoms with Crippen molar-refractivity contribution in [2.24, 2.45) is 5.10 Å². The van der Waals surface area contributed by atoms with E-state index in [1.165, 1.54) is 23.1 Å². The molecule has 0 unspecified atom stereocenters. The predicted octanol–water partition coefficient (Wildman–Crippen LogP) is 6.68. The zero-order valence-electron chi connectivity index (χ0n) is 19.5. The maximum absolute atomic E-state index is 12.2. The van der Waals surface area contributed by atoms with Gasteiger partial charge in [0.1, 0.15) is 6.61 Å². The summed E-state index contributed by atoms with van der Waals surface area (Å²) >= 11 is 8.81. The van der Waals surface area contributed by atoms with Crippen LogP contribution in [-0.4, -0.2) is 29.5 Å². The molecule has 184 valence electrons. The number of nitrogens with one attached hydrogen (secondary N) is 1. The van der Waals surface area contributed by atoms with Gasteiger partial charge in [0.25, 0.3) is 5.91 Å². The number of amides is 1. The quantitative estimate of drug-likeness (QED) is 0.131. The van der Waals surface area contributed by atoms with Gasteiger partial charge < -0.3 is 9.47 Å². The molecule has 0 saturated heterocycles. The summed E-state index contributed by atoms with van der Waals surface area (Å²) in [5.74, 6) is 1.27. The van der Waals surface area contributed by atoms with Gasteiger partial charge in [-0.2, -0.15) is 5.10 Å². The molecule has 1 amide bonds. The van der Waals surface area contributed by atoms with E-state index in [4.69, 9.17) is 21.1 Å². The summed E-state index contributed by atoms with van der Waals surface area (Å²) in [6, 6.07) is 23.0. The molecule has 36 heavy (non-hydrogen) atoms. The van der Waals surface area contributed by atoms with E-state index in [1.807, 2.05) is 85.1 Å². The Balaban J connectivity index is 1.28. The van der Waals surface area contributed by atoms with E-state index >= 15 is 0 Å². The molecule has 4 rings (SSSR count). The number of hydrogen-bond acceptors (Lipinski definition) is 7. The minimum atomic E-state index is -0.215. The van der Waals surface area contributed by atoms with Crippen LogP contribution in [0.4, 0.5) is 0 Å². The van der Waals surface area contributed by atoms with Crippen LogP contribution in [0, 0.1) is 0 Å². The highest BCUT2D eigenvalue weighted by Gasteiger charge is 2.09. The fourth-order valence-corrected chi connectivity index (χ4v) is 4.90. The van der Waals surface area contributed by atoms with Crippen molar-refractivity contribution in [1.82, 2.24) is 10.4 Å². The van der Waals surface area contributed by atoms with Gasteiger partial charge in [-0.25, -0.2) is 10.4 Å². The van der Waals surface area contributed by atoms with Crippen molar-refractivity contribution in [3.8, 4) is 22.8 Å².